The monoisotopic (exact) mass is 627 g/mol. The summed E-state index contributed by atoms with van der Waals surface area (Å²) >= 11 is 0. The third kappa shape index (κ3) is 8.60. The fraction of sp³-hybridized carbons (Fsp3) is 0.405. The molecule has 0 radical (unpaired) electrons. The molecule has 9 heteroatoms. The highest BCUT2D eigenvalue weighted by molar-refractivity contribution is 6.21. The van der Waals surface area contributed by atoms with Crippen molar-refractivity contribution in [2.24, 2.45) is 0 Å². The molecule has 4 amide bonds. The molecular weight excluding hydrogens is 582 g/mol. The number of nitrogens with one attached hydrogen (secondary N) is 1. The second-order valence-electron chi connectivity index (χ2n) is 12.1. The molecule has 0 aliphatic carbocycles. The Morgan fingerprint density at radius 2 is 1.57 bits per heavy atom. The number of imide groups is 1. The first kappa shape index (κ1) is 34.4. The Labute approximate surface area is 271 Å². The summed E-state index contributed by atoms with van der Waals surface area (Å²) < 4.78 is 5.71. The molecule has 46 heavy (non-hydrogen) atoms. The molecule has 2 atom stereocenters. The lowest BCUT2D eigenvalue weighted by atomic mass is 9.97. The largest absolute Gasteiger partial charge is 0.483 e. The van der Waals surface area contributed by atoms with Crippen molar-refractivity contribution in [1.29, 1.82) is 0 Å². The summed E-state index contributed by atoms with van der Waals surface area (Å²) in [6, 6.07) is 18.8. The van der Waals surface area contributed by atoms with Crippen LogP contribution in [0.2, 0.25) is 0 Å². The molecule has 9 nitrogen and oxygen atoms in total. The molecule has 1 aliphatic heterocycles. The van der Waals surface area contributed by atoms with Gasteiger partial charge in [-0.05, 0) is 85.5 Å². The Hall–Kier alpha value is -4.50. The van der Waals surface area contributed by atoms with Crippen molar-refractivity contribution in [3.8, 4) is 5.75 Å². The molecule has 0 aromatic heterocycles. The Morgan fingerprint density at radius 3 is 2.20 bits per heavy atom. The predicted octanol–water partition coefficient (Wildman–Crippen LogP) is 4.74. The molecule has 2 unspecified atom stereocenters. The zero-order valence-electron chi connectivity index (χ0n) is 27.5. The molecule has 3 aromatic rings. The third-order valence-corrected chi connectivity index (χ3v) is 8.73. The zero-order chi connectivity index (χ0) is 33.4. The molecule has 2 N–H and O–H groups in total. The van der Waals surface area contributed by atoms with Crippen molar-refractivity contribution in [1.82, 2.24) is 15.1 Å². The number of amides is 4. The summed E-state index contributed by atoms with van der Waals surface area (Å²) in [5.41, 5.74) is 6.11. The molecule has 244 valence electrons. The Morgan fingerprint density at radius 1 is 0.935 bits per heavy atom. The van der Waals surface area contributed by atoms with Crippen LogP contribution in [0.5, 0.6) is 5.75 Å². The van der Waals surface area contributed by atoms with E-state index in [1.165, 1.54) is 10.5 Å². The van der Waals surface area contributed by atoms with Gasteiger partial charge in [0.25, 0.3) is 17.7 Å². The van der Waals surface area contributed by atoms with Gasteiger partial charge in [-0.25, -0.2) is 0 Å². The number of fused-ring (bicyclic) bond motifs is 1. The van der Waals surface area contributed by atoms with Crippen molar-refractivity contribution in [3.63, 3.8) is 0 Å². The summed E-state index contributed by atoms with van der Waals surface area (Å²) in [7, 11) is 0. The first-order valence-electron chi connectivity index (χ1n) is 16.0. The Balaban J connectivity index is 1.35. The van der Waals surface area contributed by atoms with Gasteiger partial charge >= 0.3 is 0 Å². The van der Waals surface area contributed by atoms with E-state index >= 15 is 0 Å². The number of hydrogen-bond acceptors (Lipinski definition) is 6. The molecule has 0 spiro atoms. The standard InChI is InChI=1S/C37H45N3O6/c1-6-24(2)29-13-11-28(12-14-29)15-17-39(35(43)16-18-40-36(44)31-9-7-8-10-32(31)37(40)45)22-30(41)21-38-34(42)23-46-33-20-26(4)25(3)19-27(33)5/h7-14,19-20,24,30,41H,6,15-18,21-23H2,1-5H3,(H,38,42). The normalized spacial score (nSPS) is 13.7. The quantitative estimate of drug-likeness (QED) is 0.235. The van der Waals surface area contributed by atoms with Gasteiger partial charge < -0.3 is 20.1 Å². The first-order chi connectivity index (χ1) is 22.0. The van der Waals surface area contributed by atoms with Crippen LogP contribution in [0.3, 0.4) is 0 Å². The van der Waals surface area contributed by atoms with Gasteiger partial charge in [-0.1, -0.05) is 56.3 Å². The first-order valence-corrected chi connectivity index (χ1v) is 16.0. The van der Waals surface area contributed by atoms with Gasteiger partial charge in [-0.2, -0.15) is 0 Å². The van der Waals surface area contributed by atoms with Gasteiger partial charge in [0, 0.05) is 32.6 Å². The van der Waals surface area contributed by atoms with Gasteiger partial charge in [0.15, 0.2) is 6.61 Å². The predicted molar refractivity (Wildman–Crippen MR) is 177 cm³/mol. The lowest BCUT2D eigenvalue weighted by Gasteiger charge is -2.26. The van der Waals surface area contributed by atoms with Crippen molar-refractivity contribution in [3.05, 3.63) is 99.6 Å². The number of aliphatic hydroxyl groups is 1. The minimum atomic E-state index is -1.04. The number of ether oxygens (including phenoxy) is 1. The number of aliphatic hydroxyl groups excluding tert-OH is 1. The summed E-state index contributed by atoms with van der Waals surface area (Å²) in [5, 5.41) is 13.5. The van der Waals surface area contributed by atoms with E-state index < -0.39 is 17.9 Å². The van der Waals surface area contributed by atoms with Gasteiger partial charge in [-0.3, -0.25) is 24.1 Å². The van der Waals surface area contributed by atoms with E-state index in [1.807, 2.05) is 32.9 Å². The fourth-order valence-corrected chi connectivity index (χ4v) is 5.47. The summed E-state index contributed by atoms with van der Waals surface area (Å²) in [4.78, 5) is 54.2. The van der Waals surface area contributed by atoms with Crippen molar-refractivity contribution < 1.29 is 29.0 Å². The van der Waals surface area contributed by atoms with Crippen LogP contribution in [0.15, 0.2) is 60.7 Å². The zero-order valence-corrected chi connectivity index (χ0v) is 27.5. The van der Waals surface area contributed by atoms with Gasteiger partial charge in [0.05, 0.1) is 17.2 Å². The van der Waals surface area contributed by atoms with Crippen LogP contribution in [0.4, 0.5) is 0 Å². The van der Waals surface area contributed by atoms with Crippen LogP contribution in [0.1, 0.15) is 81.1 Å². The second-order valence-corrected chi connectivity index (χ2v) is 12.1. The van der Waals surface area contributed by atoms with Crippen LogP contribution in [0, 0.1) is 20.8 Å². The van der Waals surface area contributed by atoms with Crippen LogP contribution >= 0.6 is 0 Å². The van der Waals surface area contributed by atoms with E-state index in [9.17, 15) is 24.3 Å². The summed E-state index contributed by atoms with van der Waals surface area (Å²) in [6.07, 6.45) is 0.478. The van der Waals surface area contributed by atoms with E-state index in [0.29, 0.717) is 35.8 Å². The number of carbonyl (C=O) groups is 4. The molecule has 0 saturated heterocycles. The van der Waals surface area contributed by atoms with Crippen LogP contribution in [0.25, 0.3) is 0 Å². The van der Waals surface area contributed by atoms with Crippen molar-refractivity contribution in [2.45, 2.75) is 65.9 Å². The fourth-order valence-electron chi connectivity index (χ4n) is 5.47. The number of nitrogens with zero attached hydrogens (tertiary/aromatic N) is 2. The SMILES string of the molecule is CCC(C)c1ccc(CCN(CC(O)CNC(=O)COc2cc(C)c(C)cc2C)C(=O)CCN2C(=O)c3ccccc3C2=O)cc1. The average Bonchev–Trinajstić information content (AvgIpc) is 3.30. The van der Waals surface area contributed by atoms with Crippen molar-refractivity contribution >= 4 is 23.6 Å². The Bertz CT molecular complexity index is 1530. The van der Waals surface area contributed by atoms with Crippen molar-refractivity contribution in [2.75, 3.05) is 32.8 Å². The molecule has 1 heterocycles. The molecule has 3 aromatic carbocycles. The maximum absolute atomic E-state index is 13.5. The van der Waals surface area contributed by atoms with E-state index in [4.69, 9.17) is 4.74 Å². The second kappa shape index (κ2) is 15.7. The maximum Gasteiger partial charge on any atom is 0.261 e. The van der Waals surface area contributed by atoms with Gasteiger partial charge in [0.2, 0.25) is 5.91 Å². The van der Waals surface area contributed by atoms with Crippen LogP contribution < -0.4 is 10.1 Å². The Kier molecular flexibility index (Phi) is 11.7. The van der Waals surface area contributed by atoms with Crippen LogP contribution in [-0.4, -0.2) is 77.4 Å². The number of aryl methyl sites for hydroxylation is 3. The molecule has 4 rings (SSSR count). The maximum atomic E-state index is 13.5. The number of benzene rings is 3. The number of carbonyl (C=O) groups excluding carboxylic acids is 4. The van der Waals surface area contributed by atoms with E-state index in [2.05, 4.69) is 43.4 Å². The van der Waals surface area contributed by atoms with E-state index in [1.54, 1.807) is 24.3 Å². The third-order valence-electron chi connectivity index (χ3n) is 8.73. The van der Waals surface area contributed by atoms with Gasteiger partial charge in [0.1, 0.15) is 5.75 Å². The summed E-state index contributed by atoms with van der Waals surface area (Å²) in [5.74, 6) is -0.432. The summed E-state index contributed by atoms with van der Waals surface area (Å²) in [6.45, 7) is 10.2. The molecule has 0 bridgehead atoms. The van der Waals surface area contributed by atoms with Crippen LogP contribution in [-0.2, 0) is 16.0 Å². The smallest absolute Gasteiger partial charge is 0.261 e. The number of rotatable bonds is 15. The minimum absolute atomic E-state index is 0.0245. The molecular formula is C37H45N3O6. The van der Waals surface area contributed by atoms with E-state index in [-0.39, 0.29) is 44.5 Å². The van der Waals surface area contributed by atoms with Gasteiger partial charge in [-0.15, -0.1) is 0 Å². The van der Waals surface area contributed by atoms with E-state index in [0.717, 1.165) is 33.6 Å². The molecule has 0 saturated carbocycles. The average molecular weight is 628 g/mol. The highest BCUT2D eigenvalue weighted by atomic mass is 16.5. The highest BCUT2D eigenvalue weighted by Gasteiger charge is 2.35. The molecule has 1 aliphatic rings. The topological polar surface area (TPSA) is 116 Å². The highest BCUT2D eigenvalue weighted by Crippen LogP contribution is 2.24. The molecule has 0 fully saturated rings. The minimum Gasteiger partial charge on any atom is -0.483 e. The number of hydrogen-bond donors (Lipinski definition) is 2. The lowest BCUT2D eigenvalue weighted by molar-refractivity contribution is -0.132. The lowest BCUT2D eigenvalue weighted by Crippen LogP contribution is -2.45.